The smallest absolute Gasteiger partial charge is 0.125 e. The molecule has 0 saturated heterocycles. The second kappa shape index (κ2) is 8.83. The minimum Gasteiger partial charge on any atom is -0.369 e. The first kappa shape index (κ1) is 18.4. The molecule has 0 radical (unpaired) electrons. The minimum atomic E-state index is 0.688. The van der Waals surface area contributed by atoms with Gasteiger partial charge in [0.25, 0.3) is 0 Å². The quantitative estimate of drug-likeness (QED) is 0.593. The van der Waals surface area contributed by atoms with Gasteiger partial charge in [-0.15, -0.1) is 0 Å². The number of benzene rings is 1. The maximum Gasteiger partial charge on any atom is 0.125 e. The third-order valence-corrected chi connectivity index (χ3v) is 4.75. The van der Waals surface area contributed by atoms with Crippen molar-refractivity contribution in [2.24, 2.45) is 0 Å². The highest BCUT2D eigenvalue weighted by Crippen LogP contribution is 2.19. The lowest BCUT2D eigenvalue weighted by molar-refractivity contribution is 0.654. The van der Waals surface area contributed by atoms with Crippen molar-refractivity contribution in [3.05, 3.63) is 76.2 Å². The summed E-state index contributed by atoms with van der Waals surface area (Å²) in [6.07, 6.45) is 1.79. The van der Waals surface area contributed by atoms with Crippen molar-refractivity contribution in [3.63, 3.8) is 0 Å². The van der Waals surface area contributed by atoms with Crippen molar-refractivity contribution in [3.8, 4) is 0 Å². The highest BCUT2D eigenvalue weighted by Gasteiger charge is 2.12. The number of halogens is 1. The van der Waals surface area contributed by atoms with Crippen LogP contribution in [0.3, 0.4) is 0 Å². The fourth-order valence-corrected chi connectivity index (χ4v) is 3.09. The van der Waals surface area contributed by atoms with Gasteiger partial charge in [-0.25, -0.2) is 4.98 Å². The van der Waals surface area contributed by atoms with Crippen molar-refractivity contribution in [1.82, 2.24) is 20.1 Å². The molecule has 2 aromatic heterocycles. The molecule has 5 nitrogen and oxygen atoms in total. The van der Waals surface area contributed by atoms with E-state index in [-0.39, 0.29) is 0 Å². The normalized spacial score (nSPS) is 10.9. The number of nitrogens with one attached hydrogen (secondary N) is 2. The van der Waals surface area contributed by atoms with Crippen LogP contribution in [0.4, 0.5) is 5.82 Å². The summed E-state index contributed by atoms with van der Waals surface area (Å²) < 4.78 is 2.03. The monoisotopic (exact) mass is 369 g/mol. The van der Waals surface area contributed by atoms with Crippen LogP contribution in [-0.2, 0) is 13.1 Å². The number of nitrogens with zero attached hydrogens (tertiary/aromatic N) is 3. The van der Waals surface area contributed by atoms with Crippen molar-refractivity contribution >= 4 is 17.4 Å². The lowest BCUT2D eigenvalue weighted by Gasteiger charge is -2.09. The van der Waals surface area contributed by atoms with E-state index in [2.05, 4.69) is 34.6 Å². The SMILES string of the molecule is Cc1nn(Cc2ccccc2Cl)c(C)c1CNCCNc1ccccn1. The molecule has 0 atom stereocenters. The molecule has 2 heterocycles. The molecular formula is C20H24ClN5. The van der Waals surface area contributed by atoms with E-state index in [1.165, 1.54) is 11.3 Å². The average molecular weight is 370 g/mol. The number of rotatable bonds is 8. The average Bonchev–Trinajstić information content (AvgIpc) is 2.91. The summed E-state index contributed by atoms with van der Waals surface area (Å²) in [6.45, 7) is 7.32. The van der Waals surface area contributed by atoms with E-state index in [0.29, 0.717) is 6.54 Å². The van der Waals surface area contributed by atoms with Crippen LogP contribution >= 0.6 is 11.6 Å². The molecule has 1 aromatic carbocycles. The Kier molecular flexibility index (Phi) is 6.26. The molecule has 3 aromatic rings. The lowest BCUT2D eigenvalue weighted by atomic mass is 10.2. The molecule has 0 aliphatic carbocycles. The van der Waals surface area contributed by atoms with Crippen LogP contribution in [-0.4, -0.2) is 27.9 Å². The number of anilines is 1. The molecule has 0 aliphatic heterocycles. The van der Waals surface area contributed by atoms with E-state index < -0.39 is 0 Å². The van der Waals surface area contributed by atoms with Crippen molar-refractivity contribution < 1.29 is 0 Å². The van der Waals surface area contributed by atoms with Crippen LogP contribution in [0.15, 0.2) is 48.7 Å². The van der Waals surface area contributed by atoms with E-state index >= 15 is 0 Å². The predicted octanol–water partition coefficient (Wildman–Crippen LogP) is 3.80. The van der Waals surface area contributed by atoms with Gasteiger partial charge in [0.2, 0.25) is 0 Å². The van der Waals surface area contributed by atoms with Gasteiger partial charge >= 0.3 is 0 Å². The standard InChI is InChI=1S/C20H24ClN5/c1-15-18(13-22-11-12-24-20-9-5-6-10-23-20)16(2)26(25-15)14-17-7-3-4-8-19(17)21/h3-10,22H,11-14H2,1-2H3,(H,23,24). The Hall–Kier alpha value is -2.37. The number of hydrogen-bond donors (Lipinski definition) is 2. The molecule has 26 heavy (non-hydrogen) atoms. The second-order valence-corrected chi connectivity index (χ2v) is 6.62. The van der Waals surface area contributed by atoms with Crippen molar-refractivity contribution in [1.29, 1.82) is 0 Å². The highest BCUT2D eigenvalue weighted by atomic mass is 35.5. The van der Waals surface area contributed by atoms with Gasteiger partial charge in [-0.2, -0.15) is 5.10 Å². The molecule has 3 rings (SSSR count). The molecule has 0 bridgehead atoms. The van der Waals surface area contributed by atoms with Crippen LogP contribution in [0.5, 0.6) is 0 Å². The zero-order valence-corrected chi connectivity index (χ0v) is 15.9. The van der Waals surface area contributed by atoms with E-state index in [1.807, 2.05) is 47.1 Å². The molecule has 0 fully saturated rings. The van der Waals surface area contributed by atoms with Crippen molar-refractivity contribution in [2.75, 3.05) is 18.4 Å². The number of pyridine rings is 1. The summed E-state index contributed by atoms with van der Waals surface area (Å²) in [5.41, 5.74) is 4.56. The first-order valence-electron chi connectivity index (χ1n) is 8.77. The maximum absolute atomic E-state index is 6.28. The van der Waals surface area contributed by atoms with E-state index in [1.54, 1.807) is 6.20 Å². The van der Waals surface area contributed by atoms with E-state index in [4.69, 9.17) is 11.6 Å². The zero-order valence-electron chi connectivity index (χ0n) is 15.2. The molecule has 0 unspecified atom stereocenters. The van der Waals surface area contributed by atoms with E-state index in [9.17, 15) is 0 Å². The van der Waals surface area contributed by atoms with Crippen LogP contribution in [0, 0.1) is 13.8 Å². The third kappa shape index (κ3) is 4.62. The van der Waals surface area contributed by atoms with Crippen LogP contribution in [0.2, 0.25) is 5.02 Å². The van der Waals surface area contributed by atoms with Gasteiger partial charge in [0.15, 0.2) is 0 Å². The summed E-state index contributed by atoms with van der Waals surface area (Å²) in [6, 6.07) is 13.8. The molecule has 136 valence electrons. The van der Waals surface area contributed by atoms with Gasteiger partial charge < -0.3 is 10.6 Å². The lowest BCUT2D eigenvalue weighted by Crippen LogP contribution is -2.22. The van der Waals surface area contributed by atoms with Crippen LogP contribution in [0.25, 0.3) is 0 Å². The van der Waals surface area contributed by atoms with Gasteiger partial charge in [-0.05, 0) is 37.6 Å². The van der Waals surface area contributed by atoms with Gasteiger partial charge in [0.05, 0.1) is 12.2 Å². The molecule has 0 aliphatic rings. The second-order valence-electron chi connectivity index (χ2n) is 6.22. The number of aromatic nitrogens is 3. The predicted molar refractivity (Wildman–Crippen MR) is 107 cm³/mol. The van der Waals surface area contributed by atoms with Gasteiger partial charge in [0, 0.05) is 42.1 Å². The molecule has 0 spiro atoms. The zero-order chi connectivity index (χ0) is 18.4. The Morgan fingerprint density at radius 1 is 1.04 bits per heavy atom. The Morgan fingerprint density at radius 3 is 2.62 bits per heavy atom. The molecule has 2 N–H and O–H groups in total. The van der Waals surface area contributed by atoms with Crippen molar-refractivity contribution in [2.45, 2.75) is 26.9 Å². The topological polar surface area (TPSA) is 54.8 Å². The van der Waals surface area contributed by atoms with Crippen LogP contribution in [0.1, 0.15) is 22.5 Å². The fourth-order valence-electron chi connectivity index (χ4n) is 2.89. The number of aryl methyl sites for hydroxylation is 1. The summed E-state index contributed by atoms with van der Waals surface area (Å²) in [7, 11) is 0. The molecular weight excluding hydrogens is 346 g/mol. The largest absolute Gasteiger partial charge is 0.369 e. The summed E-state index contributed by atoms with van der Waals surface area (Å²) in [5, 5.41) is 12.2. The van der Waals surface area contributed by atoms with Gasteiger partial charge in [0.1, 0.15) is 5.82 Å². The Labute approximate surface area is 159 Å². The molecule has 0 amide bonds. The Morgan fingerprint density at radius 2 is 1.85 bits per heavy atom. The fraction of sp³-hybridized carbons (Fsp3) is 0.300. The first-order valence-corrected chi connectivity index (χ1v) is 9.15. The van der Waals surface area contributed by atoms with Gasteiger partial charge in [-0.1, -0.05) is 35.9 Å². The van der Waals surface area contributed by atoms with Crippen LogP contribution < -0.4 is 10.6 Å². The Bertz CT molecular complexity index is 845. The summed E-state index contributed by atoms with van der Waals surface area (Å²) in [5.74, 6) is 0.897. The maximum atomic E-state index is 6.28. The molecule has 6 heteroatoms. The number of hydrogen-bond acceptors (Lipinski definition) is 4. The Balaban J connectivity index is 1.54. The highest BCUT2D eigenvalue weighted by molar-refractivity contribution is 6.31. The summed E-state index contributed by atoms with van der Waals surface area (Å²) in [4.78, 5) is 4.25. The van der Waals surface area contributed by atoms with Gasteiger partial charge in [-0.3, -0.25) is 4.68 Å². The first-order chi connectivity index (χ1) is 12.6. The molecule has 0 saturated carbocycles. The van der Waals surface area contributed by atoms with E-state index in [0.717, 1.165) is 41.7 Å². The third-order valence-electron chi connectivity index (χ3n) is 4.38. The minimum absolute atomic E-state index is 0.688. The summed E-state index contributed by atoms with van der Waals surface area (Å²) >= 11 is 6.28.